The molecule has 3 aromatic rings. The van der Waals surface area contributed by atoms with Gasteiger partial charge in [0.05, 0.1) is 32.7 Å². The second kappa shape index (κ2) is 8.24. The smallest absolute Gasteiger partial charge is 0.328 e. The van der Waals surface area contributed by atoms with E-state index in [0.717, 1.165) is 11.3 Å². The summed E-state index contributed by atoms with van der Waals surface area (Å²) >= 11 is 0. The van der Waals surface area contributed by atoms with E-state index in [1.54, 1.807) is 55.4 Å². The molecular weight excluding hydrogens is 388 g/mol. The molecule has 0 aliphatic carbocycles. The van der Waals surface area contributed by atoms with Crippen molar-refractivity contribution in [2.75, 3.05) is 20.8 Å². The monoisotopic (exact) mass is 408 g/mol. The first-order valence-electron chi connectivity index (χ1n) is 9.31. The predicted octanol–water partition coefficient (Wildman–Crippen LogP) is 2.00. The third-order valence-electron chi connectivity index (χ3n) is 4.78. The number of ether oxygens (including phenoxy) is 3. The fourth-order valence-corrected chi connectivity index (χ4v) is 3.11. The molecular formula is C21H20N4O5. The molecule has 4 rings (SSSR count). The van der Waals surface area contributed by atoms with Gasteiger partial charge in [0.2, 0.25) is 0 Å². The zero-order valence-corrected chi connectivity index (χ0v) is 16.5. The molecule has 1 aliphatic rings. The zero-order valence-electron chi connectivity index (χ0n) is 16.5. The summed E-state index contributed by atoms with van der Waals surface area (Å²) in [5.74, 6) is 0.582. The van der Waals surface area contributed by atoms with E-state index in [-0.39, 0.29) is 5.91 Å². The third-order valence-corrected chi connectivity index (χ3v) is 4.78. The predicted molar refractivity (Wildman–Crippen MR) is 107 cm³/mol. The number of carbonyl (C=O) groups excluding carboxylic acids is 2. The first-order valence-corrected chi connectivity index (χ1v) is 9.31. The van der Waals surface area contributed by atoms with Crippen molar-refractivity contribution < 1.29 is 23.8 Å². The molecule has 0 spiro atoms. The Morgan fingerprint density at radius 1 is 1.13 bits per heavy atom. The molecule has 0 radical (unpaired) electrons. The molecule has 154 valence electrons. The van der Waals surface area contributed by atoms with Crippen LogP contribution >= 0.6 is 0 Å². The largest absolute Gasteiger partial charge is 0.497 e. The molecule has 1 atom stereocenters. The van der Waals surface area contributed by atoms with Crippen LogP contribution in [0, 0.1) is 0 Å². The molecule has 0 unspecified atom stereocenters. The summed E-state index contributed by atoms with van der Waals surface area (Å²) in [6.45, 7) is 0.330. The zero-order chi connectivity index (χ0) is 21.1. The number of nitrogens with one attached hydrogen (secondary N) is 1. The Kier molecular flexibility index (Phi) is 5.34. The van der Waals surface area contributed by atoms with Crippen molar-refractivity contribution in [3.8, 4) is 28.4 Å². The number of hydrogen-bond acceptors (Lipinski definition) is 7. The highest BCUT2D eigenvalue weighted by molar-refractivity contribution is 5.97. The van der Waals surface area contributed by atoms with Crippen LogP contribution in [0.3, 0.4) is 0 Å². The third kappa shape index (κ3) is 3.95. The summed E-state index contributed by atoms with van der Waals surface area (Å²) in [6, 6.07) is 11.7. The second-order valence-corrected chi connectivity index (χ2v) is 6.68. The molecule has 1 aliphatic heterocycles. The van der Waals surface area contributed by atoms with E-state index >= 15 is 0 Å². The van der Waals surface area contributed by atoms with Gasteiger partial charge in [0, 0.05) is 23.6 Å². The summed E-state index contributed by atoms with van der Waals surface area (Å²) in [5.41, 5.74) is 2.63. The number of hydrogen-bond donors (Lipinski definition) is 1. The van der Waals surface area contributed by atoms with Crippen LogP contribution in [0.1, 0.15) is 16.8 Å². The quantitative estimate of drug-likeness (QED) is 0.622. The van der Waals surface area contributed by atoms with Crippen LogP contribution in [-0.4, -0.2) is 53.7 Å². The van der Waals surface area contributed by atoms with E-state index in [4.69, 9.17) is 14.2 Å². The summed E-state index contributed by atoms with van der Waals surface area (Å²) in [7, 11) is 3.17. The number of amides is 1. The van der Waals surface area contributed by atoms with Crippen LogP contribution in [0.5, 0.6) is 11.5 Å². The fraction of sp³-hybridized carbons (Fsp3) is 0.238. The SMILES string of the molecule is COc1cc(OC)cc(-c2cn(-c3ccc(C(=O)N[C@H]4CCOC4=O)cc3)nn2)c1. The van der Waals surface area contributed by atoms with Gasteiger partial charge in [-0.05, 0) is 36.4 Å². The maximum atomic E-state index is 12.3. The highest BCUT2D eigenvalue weighted by Gasteiger charge is 2.28. The highest BCUT2D eigenvalue weighted by Crippen LogP contribution is 2.28. The summed E-state index contributed by atoms with van der Waals surface area (Å²) in [6.07, 6.45) is 2.26. The molecule has 1 saturated heterocycles. The van der Waals surface area contributed by atoms with Crippen LogP contribution in [0.25, 0.3) is 16.9 Å². The van der Waals surface area contributed by atoms with Crippen LogP contribution in [0.2, 0.25) is 0 Å². The van der Waals surface area contributed by atoms with Crippen molar-refractivity contribution >= 4 is 11.9 Å². The number of carbonyl (C=O) groups is 2. The lowest BCUT2D eigenvalue weighted by Gasteiger charge is -2.09. The Labute approximate surface area is 172 Å². The van der Waals surface area contributed by atoms with Crippen molar-refractivity contribution in [2.45, 2.75) is 12.5 Å². The summed E-state index contributed by atoms with van der Waals surface area (Å²) in [5, 5.41) is 11.1. The van der Waals surface area contributed by atoms with Gasteiger partial charge in [0.15, 0.2) is 0 Å². The molecule has 2 aromatic carbocycles. The van der Waals surface area contributed by atoms with Crippen molar-refractivity contribution in [1.82, 2.24) is 20.3 Å². The lowest BCUT2D eigenvalue weighted by atomic mass is 10.1. The molecule has 0 saturated carbocycles. The summed E-state index contributed by atoms with van der Waals surface area (Å²) in [4.78, 5) is 23.8. The molecule has 1 N–H and O–H groups in total. The van der Waals surface area contributed by atoms with E-state index in [1.807, 2.05) is 12.1 Å². The average Bonchev–Trinajstić information content (AvgIpc) is 3.43. The minimum Gasteiger partial charge on any atom is -0.497 e. The highest BCUT2D eigenvalue weighted by atomic mass is 16.5. The molecule has 1 fully saturated rings. The van der Waals surface area contributed by atoms with Gasteiger partial charge in [0.1, 0.15) is 23.2 Å². The van der Waals surface area contributed by atoms with Gasteiger partial charge in [-0.1, -0.05) is 5.21 Å². The number of nitrogens with zero attached hydrogens (tertiary/aromatic N) is 3. The van der Waals surface area contributed by atoms with Gasteiger partial charge in [-0.3, -0.25) is 4.79 Å². The molecule has 2 heterocycles. The average molecular weight is 408 g/mol. The second-order valence-electron chi connectivity index (χ2n) is 6.68. The Morgan fingerprint density at radius 2 is 1.83 bits per heavy atom. The Bertz CT molecular complexity index is 1060. The van der Waals surface area contributed by atoms with Crippen LogP contribution in [0.15, 0.2) is 48.7 Å². The minimum absolute atomic E-state index is 0.326. The molecule has 1 aromatic heterocycles. The maximum Gasteiger partial charge on any atom is 0.328 e. The molecule has 30 heavy (non-hydrogen) atoms. The first-order chi connectivity index (χ1) is 14.6. The lowest BCUT2D eigenvalue weighted by Crippen LogP contribution is -2.37. The van der Waals surface area contributed by atoms with Gasteiger partial charge in [-0.15, -0.1) is 5.10 Å². The fourth-order valence-electron chi connectivity index (χ4n) is 3.11. The Hall–Kier alpha value is -3.88. The van der Waals surface area contributed by atoms with E-state index in [1.165, 1.54) is 0 Å². The molecule has 0 bridgehead atoms. The maximum absolute atomic E-state index is 12.3. The van der Waals surface area contributed by atoms with Crippen molar-refractivity contribution in [1.29, 1.82) is 0 Å². The molecule has 9 heteroatoms. The van der Waals surface area contributed by atoms with Gasteiger partial charge in [0.25, 0.3) is 5.91 Å². The van der Waals surface area contributed by atoms with Crippen LogP contribution < -0.4 is 14.8 Å². The molecule has 9 nitrogen and oxygen atoms in total. The number of rotatable bonds is 6. The van der Waals surface area contributed by atoms with Gasteiger partial charge in [-0.25, -0.2) is 9.48 Å². The van der Waals surface area contributed by atoms with Crippen molar-refractivity contribution in [2.24, 2.45) is 0 Å². The number of cyclic esters (lactones) is 1. The van der Waals surface area contributed by atoms with Gasteiger partial charge >= 0.3 is 5.97 Å². The number of benzene rings is 2. The van der Waals surface area contributed by atoms with E-state index in [2.05, 4.69) is 15.6 Å². The van der Waals surface area contributed by atoms with Crippen LogP contribution in [-0.2, 0) is 9.53 Å². The van der Waals surface area contributed by atoms with E-state index in [9.17, 15) is 9.59 Å². The Morgan fingerprint density at radius 3 is 2.43 bits per heavy atom. The number of methoxy groups -OCH3 is 2. The first kappa shape index (κ1) is 19.4. The van der Waals surface area contributed by atoms with Gasteiger partial charge < -0.3 is 19.5 Å². The number of aromatic nitrogens is 3. The lowest BCUT2D eigenvalue weighted by molar-refractivity contribution is -0.139. The normalized spacial score (nSPS) is 15.5. The van der Waals surface area contributed by atoms with Crippen molar-refractivity contribution in [3.63, 3.8) is 0 Å². The van der Waals surface area contributed by atoms with Crippen molar-refractivity contribution in [3.05, 3.63) is 54.2 Å². The Balaban J connectivity index is 1.51. The van der Waals surface area contributed by atoms with E-state index in [0.29, 0.717) is 35.8 Å². The minimum atomic E-state index is -0.588. The van der Waals surface area contributed by atoms with Crippen LogP contribution in [0.4, 0.5) is 0 Å². The summed E-state index contributed by atoms with van der Waals surface area (Å²) < 4.78 is 17.1. The van der Waals surface area contributed by atoms with E-state index < -0.39 is 12.0 Å². The standard InChI is InChI=1S/C21H20N4O5/c1-28-16-9-14(10-17(11-16)29-2)19-12-25(24-23-19)15-5-3-13(4-6-15)20(26)22-18-7-8-30-21(18)27/h3-6,9-12,18H,7-8H2,1-2H3,(H,22,26)/t18-/m0/s1. The topological polar surface area (TPSA) is 105 Å². The molecule has 1 amide bonds. The number of esters is 1. The van der Waals surface area contributed by atoms with Gasteiger partial charge in [-0.2, -0.15) is 0 Å².